The zero-order valence-corrected chi connectivity index (χ0v) is 17.9. The highest BCUT2D eigenvalue weighted by atomic mass is 32.2. The van der Waals surface area contributed by atoms with Crippen molar-refractivity contribution in [2.45, 2.75) is 45.3 Å². The molecule has 0 radical (unpaired) electrons. The number of fused-ring (bicyclic) bond motifs is 2. The number of hydrogen-bond acceptors (Lipinski definition) is 5. The van der Waals surface area contributed by atoms with Crippen LogP contribution in [-0.2, 0) is 4.79 Å². The van der Waals surface area contributed by atoms with Gasteiger partial charge in [-0.1, -0.05) is 31.7 Å². The number of aromatic nitrogens is 4. The Labute approximate surface area is 173 Å². The van der Waals surface area contributed by atoms with Gasteiger partial charge in [0.1, 0.15) is 5.39 Å². The molecule has 0 saturated heterocycles. The molecule has 1 aliphatic rings. The largest absolute Gasteiger partial charge is 0.356 e. The molecule has 1 N–H and O–H groups in total. The van der Waals surface area contributed by atoms with E-state index in [0.717, 1.165) is 11.3 Å². The molecule has 2 aromatic heterocycles. The van der Waals surface area contributed by atoms with Crippen LogP contribution in [0.4, 0.5) is 0 Å². The van der Waals surface area contributed by atoms with Gasteiger partial charge in [-0.05, 0) is 43.0 Å². The Morgan fingerprint density at radius 2 is 2.10 bits per heavy atom. The second kappa shape index (κ2) is 7.67. The summed E-state index contributed by atoms with van der Waals surface area (Å²) in [5.41, 5.74) is 3.67. The Hall–Kier alpha value is -2.61. The molecule has 1 aliphatic heterocycles. The SMILES string of the molecule is Cc1ccc(-n2ncc3c(=O)n4c(nc32)SCC4CC(=O)NCC(C)C)cc1C. The van der Waals surface area contributed by atoms with Crippen LogP contribution in [0.3, 0.4) is 0 Å². The number of carbonyl (C=O) groups excluding carboxylic acids is 1. The average Bonchev–Trinajstić information content (AvgIpc) is 3.27. The fourth-order valence-corrected chi connectivity index (χ4v) is 4.56. The van der Waals surface area contributed by atoms with Crippen molar-refractivity contribution in [1.29, 1.82) is 0 Å². The lowest BCUT2D eigenvalue weighted by atomic mass is 10.1. The number of nitrogens with zero attached hydrogens (tertiary/aromatic N) is 4. The van der Waals surface area contributed by atoms with E-state index in [1.54, 1.807) is 15.4 Å². The third-order valence-electron chi connectivity index (χ3n) is 5.23. The van der Waals surface area contributed by atoms with Gasteiger partial charge in [-0.2, -0.15) is 5.10 Å². The van der Waals surface area contributed by atoms with Gasteiger partial charge in [0.2, 0.25) is 5.91 Å². The zero-order chi connectivity index (χ0) is 20.7. The number of carbonyl (C=O) groups is 1. The molecule has 1 atom stereocenters. The van der Waals surface area contributed by atoms with E-state index in [0.29, 0.717) is 34.4 Å². The van der Waals surface area contributed by atoms with E-state index in [1.807, 2.05) is 18.2 Å². The van der Waals surface area contributed by atoms with E-state index in [2.05, 4.69) is 38.1 Å². The molecule has 3 heterocycles. The predicted molar refractivity (Wildman–Crippen MR) is 115 cm³/mol. The first-order valence-electron chi connectivity index (χ1n) is 9.82. The normalized spacial score (nSPS) is 15.8. The molecule has 0 saturated carbocycles. The summed E-state index contributed by atoms with van der Waals surface area (Å²) in [6.45, 7) is 8.86. The standard InChI is InChI=1S/C21H25N5O2S/c1-12(2)9-22-18(27)8-16-11-29-21-24-19-17(20(28)25(16)21)10-23-26(19)15-6-5-13(3)14(4)7-15/h5-7,10,12,16H,8-9,11H2,1-4H3,(H,22,27). The van der Waals surface area contributed by atoms with Crippen LogP contribution in [0.25, 0.3) is 16.7 Å². The fraction of sp³-hybridized carbons (Fsp3) is 0.429. The number of amides is 1. The quantitative estimate of drug-likeness (QED) is 0.653. The van der Waals surface area contributed by atoms with Crippen molar-refractivity contribution in [2.24, 2.45) is 5.92 Å². The van der Waals surface area contributed by atoms with Crippen molar-refractivity contribution < 1.29 is 4.79 Å². The van der Waals surface area contributed by atoms with Crippen LogP contribution < -0.4 is 10.9 Å². The van der Waals surface area contributed by atoms with Crippen molar-refractivity contribution in [3.8, 4) is 5.69 Å². The third kappa shape index (κ3) is 3.69. The highest BCUT2D eigenvalue weighted by Gasteiger charge is 2.29. The van der Waals surface area contributed by atoms with E-state index >= 15 is 0 Å². The van der Waals surface area contributed by atoms with Gasteiger partial charge in [-0.15, -0.1) is 0 Å². The number of nitrogens with one attached hydrogen (secondary N) is 1. The summed E-state index contributed by atoms with van der Waals surface area (Å²) in [6.07, 6.45) is 1.86. The number of thioether (sulfide) groups is 1. The van der Waals surface area contributed by atoms with Crippen LogP contribution in [0.2, 0.25) is 0 Å². The van der Waals surface area contributed by atoms with Gasteiger partial charge in [0.05, 0.1) is 17.9 Å². The molecule has 1 aromatic carbocycles. The Morgan fingerprint density at radius 3 is 2.83 bits per heavy atom. The molecule has 0 aliphatic carbocycles. The van der Waals surface area contributed by atoms with Gasteiger partial charge in [-0.3, -0.25) is 14.2 Å². The maximum Gasteiger partial charge on any atom is 0.265 e. The average molecular weight is 412 g/mol. The van der Waals surface area contributed by atoms with Gasteiger partial charge in [0, 0.05) is 18.7 Å². The van der Waals surface area contributed by atoms with Crippen molar-refractivity contribution in [2.75, 3.05) is 12.3 Å². The first kappa shape index (κ1) is 19.7. The molecule has 8 heteroatoms. The third-order valence-corrected chi connectivity index (χ3v) is 6.33. The Bertz CT molecular complexity index is 1150. The van der Waals surface area contributed by atoms with Crippen molar-refractivity contribution in [3.05, 3.63) is 45.9 Å². The van der Waals surface area contributed by atoms with Crippen LogP contribution in [-0.4, -0.2) is 37.5 Å². The molecular weight excluding hydrogens is 386 g/mol. The van der Waals surface area contributed by atoms with E-state index in [1.165, 1.54) is 17.3 Å². The van der Waals surface area contributed by atoms with Gasteiger partial charge < -0.3 is 5.32 Å². The van der Waals surface area contributed by atoms with Gasteiger partial charge in [0.15, 0.2) is 10.8 Å². The molecule has 152 valence electrons. The summed E-state index contributed by atoms with van der Waals surface area (Å²) >= 11 is 1.51. The summed E-state index contributed by atoms with van der Waals surface area (Å²) in [5, 5.41) is 8.48. The Kier molecular flexibility index (Phi) is 5.21. The highest BCUT2D eigenvalue weighted by Crippen LogP contribution is 2.33. The summed E-state index contributed by atoms with van der Waals surface area (Å²) < 4.78 is 3.38. The predicted octanol–water partition coefficient (Wildman–Crippen LogP) is 3.01. The maximum atomic E-state index is 13.2. The zero-order valence-electron chi connectivity index (χ0n) is 17.1. The maximum absolute atomic E-state index is 13.2. The smallest absolute Gasteiger partial charge is 0.265 e. The van der Waals surface area contributed by atoms with Crippen LogP contribution in [0.15, 0.2) is 34.3 Å². The minimum atomic E-state index is -0.184. The molecule has 1 amide bonds. The minimum Gasteiger partial charge on any atom is -0.356 e. The molecule has 29 heavy (non-hydrogen) atoms. The van der Waals surface area contributed by atoms with Crippen molar-refractivity contribution >= 4 is 28.7 Å². The number of aryl methyl sites for hydroxylation is 2. The lowest BCUT2D eigenvalue weighted by Gasteiger charge is -2.14. The van der Waals surface area contributed by atoms with Crippen LogP contribution in [0, 0.1) is 19.8 Å². The number of hydrogen-bond donors (Lipinski definition) is 1. The summed E-state index contributed by atoms with van der Waals surface area (Å²) in [7, 11) is 0. The molecule has 3 aromatic rings. The summed E-state index contributed by atoms with van der Waals surface area (Å²) in [5.74, 6) is 1.03. The molecule has 0 bridgehead atoms. The fourth-order valence-electron chi connectivity index (χ4n) is 3.43. The number of rotatable bonds is 5. The minimum absolute atomic E-state index is 0.0324. The van der Waals surface area contributed by atoms with Gasteiger partial charge >= 0.3 is 0 Å². The topological polar surface area (TPSA) is 81.8 Å². The molecule has 4 rings (SSSR count). The molecule has 1 unspecified atom stereocenters. The molecule has 0 fully saturated rings. The van der Waals surface area contributed by atoms with Crippen molar-refractivity contribution in [3.63, 3.8) is 0 Å². The molecule has 7 nitrogen and oxygen atoms in total. The van der Waals surface area contributed by atoms with E-state index in [-0.39, 0.29) is 23.9 Å². The second-order valence-electron chi connectivity index (χ2n) is 8.00. The first-order valence-corrected chi connectivity index (χ1v) is 10.8. The van der Waals surface area contributed by atoms with Crippen molar-refractivity contribution in [1.82, 2.24) is 24.6 Å². The molecule has 0 spiro atoms. The summed E-state index contributed by atoms with van der Waals surface area (Å²) in [6, 6.07) is 5.88. The highest BCUT2D eigenvalue weighted by molar-refractivity contribution is 7.99. The van der Waals surface area contributed by atoms with E-state index in [4.69, 9.17) is 4.98 Å². The second-order valence-corrected chi connectivity index (χ2v) is 8.99. The summed E-state index contributed by atoms with van der Waals surface area (Å²) in [4.78, 5) is 30.2. The van der Waals surface area contributed by atoms with Gasteiger partial charge in [-0.25, -0.2) is 9.67 Å². The van der Waals surface area contributed by atoms with Crippen LogP contribution >= 0.6 is 11.8 Å². The lowest BCUT2D eigenvalue weighted by molar-refractivity contribution is -0.121. The van der Waals surface area contributed by atoms with Gasteiger partial charge in [0.25, 0.3) is 5.56 Å². The van der Waals surface area contributed by atoms with E-state index in [9.17, 15) is 9.59 Å². The number of benzene rings is 1. The molecular formula is C21H25N5O2S. The Balaban J connectivity index is 1.69. The first-order chi connectivity index (χ1) is 13.8. The Morgan fingerprint density at radius 1 is 1.31 bits per heavy atom. The van der Waals surface area contributed by atoms with Crippen LogP contribution in [0.1, 0.15) is 37.4 Å². The van der Waals surface area contributed by atoms with Crippen LogP contribution in [0.5, 0.6) is 0 Å². The lowest BCUT2D eigenvalue weighted by Crippen LogP contribution is -2.32. The monoisotopic (exact) mass is 411 g/mol. The van der Waals surface area contributed by atoms with E-state index < -0.39 is 0 Å².